The monoisotopic (exact) mass is 236 g/mol. The zero-order valence-corrected chi connectivity index (χ0v) is 10.2. The summed E-state index contributed by atoms with van der Waals surface area (Å²) in [5.74, 6) is 0. The van der Waals surface area contributed by atoms with Gasteiger partial charge in [-0.15, -0.1) is 50.5 Å². The van der Waals surface area contributed by atoms with Crippen molar-refractivity contribution in [2.45, 2.75) is 25.7 Å². The second-order valence-corrected chi connectivity index (χ2v) is 5.35. The molecule has 0 spiro atoms. The SMILES string of the molecule is SC(S)=C1CCC(=C(S)S)CC1. The highest BCUT2D eigenvalue weighted by Crippen LogP contribution is 2.34. The van der Waals surface area contributed by atoms with E-state index in [1.54, 1.807) is 0 Å². The van der Waals surface area contributed by atoms with Crippen LogP contribution in [0.1, 0.15) is 25.7 Å². The Hall–Kier alpha value is 0.880. The Morgan fingerprint density at radius 2 is 0.917 bits per heavy atom. The minimum absolute atomic E-state index is 0.883. The Labute approximate surface area is 95.5 Å². The van der Waals surface area contributed by atoms with Gasteiger partial charge in [0.2, 0.25) is 0 Å². The van der Waals surface area contributed by atoms with Crippen LogP contribution in [0.25, 0.3) is 0 Å². The molecule has 0 heterocycles. The fourth-order valence-electron chi connectivity index (χ4n) is 1.30. The third-order valence-corrected chi connectivity index (χ3v) is 3.35. The molecule has 0 saturated heterocycles. The summed E-state index contributed by atoms with van der Waals surface area (Å²) in [5.41, 5.74) is 2.71. The van der Waals surface area contributed by atoms with Gasteiger partial charge in [-0.2, -0.15) is 0 Å². The zero-order valence-electron chi connectivity index (χ0n) is 6.62. The number of rotatable bonds is 0. The second kappa shape index (κ2) is 4.94. The van der Waals surface area contributed by atoms with Crippen LogP contribution in [0.3, 0.4) is 0 Å². The molecule has 0 unspecified atom stereocenters. The van der Waals surface area contributed by atoms with Crippen molar-refractivity contribution in [1.29, 1.82) is 0 Å². The maximum atomic E-state index is 4.21. The van der Waals surface area contributed by atoms with Gasteiger partial charge in [-0.1, -0.05) is 11.1 Å². The summed E-state index contributed by atoms with van der Waals surface area (Å²) in [4.78, 5) is 0. The minimum Gasteiger partial charge on any atom is -0.137 e. The molecule has 1 aliphatic carbocycles. The Morgan fingerprint density at radius 1 is 0.667 bits per heavy atom. The molecular formula is C8H12S4. The zero-order chi connectivity index (χ0) is 9.14. The summed E-state index contributed by atoms with van der Waals surface area (Å²) in [5, 5.41) is 0. The summed E-state index contributed by atoms with van der Waals surface area (Å²) < 4.78 is 1.77. The largest absolute Gasteiger partial charge is 0.137 e. The lowest BCUT2D eigenvalue weighted by molar-refractivity contribution is 0.730. The van der Waals surface area contributed by atoms with E-state index in [9.17, 15) is 0 Å². The van der Waals surface area contributed by atoms with E-state index in [1.807, 2.05) is 0 Å². The topological polar surface area (TPSA) is 0 Å². The molecule has 1 rings (SSSR count). The van der Waals surface area contributed by atoms with Gasteiger partial charge < -0.3 is 0 Å². The van der Waals surface area contributed by atoms with Gasteiger partial charge in [0.25, 0.3) is 0 Å². The summed E-state index contributed by atoms with van der Waals surface area (Å²) in [6.45, 7) is 0. The van der Waals surface area contributed by atoms with E-state index in [-0.39, 0.29) is 0 Å². The van der Waals surface area contributed by atoms with E-state index in [2.05, 4.69) is 50.5 Å². The van der Waals surface area contributed by atoms with E-state index in [0.717, 1.165) is 34.2 Å². The summed E-state index contributed by atoms with van der Waals surface area (Å²) >= 11 is 16.8. The summed E-state index contributed by atoms with van der Waals surface area (Å²) in [6, 6.07) is 0. The maximum Gasteiger partial charge on any atom is 0.0331 e. The first kappa shape index (κ1) is 11.0. The fourth-order valence-corrected chi connectivity index (χ4v) is 2.20. The second-order valence-electron chi connectivity index (χ2n) is 2.85. The highest BCUT2D eigenvalue weighted by atomic mass is 32.2. The molecule has 0 aliphatic heterocycles. The van der Waals surface area contributed by atoms with Crippen LogP contribution in [-0.4, -0.2) is 0 Å². The van der Waals surface area contributed by atoms with Crippen LogP contribution in [0.5, 0.6) is 0 Å². The van der Waals surface area contributed by atoms with Gasteiger partial charge in [-0.3, -0.25) is 0 Å². The van der Waals surface area contributed by atoms with Crippen LogP contribution < -0.4 is 0 Å². The first-order valence-electron chi connectivity index (χ1n) is 3.81. The van der Waals surface area contributed by atoms with Crippen molar-refractivity contribution in [3.05, 3.63) is 19.6 Å². The van der Waals surface area contributed by atoms with Crippen LogP contribution in [0.4, 0.5) is 0 Å². The van der Waals surface area contributed by atoms with Crippen LogP contribution >= 0.6 is 50.5 Å². The Morgan fingerprint density at radius 3 is 1.08 bits per heavy atom. The number of thiol groups is 4. The molecule has 0 aromatic carbocycles. The molecule has 68 valence electrons. The fraction of sp³-hybridized carbons (Fsp3) is 0.500. The lowest BCUT2D eigenvalue weighted by Crippen LogP contribution is -1.98. The molecule has 0 bridgehead atoms. The summed E-state index contributed by atoms with van der Waals surface area (Å²) in [6.07, 6.45) is 4.23. The Bertz CT molecular complexity index is 193. The molecule has 1 saturated carbocycles. The number of hydrogen-bond donors (Lipinski definition) is 4. The van der Waals surface area contributed by atoms with Crippen LogP contribution in [0.15, 0.2) is 19.6 Å². The molecule has 4 heteroatoms. The maximum absolute atomic E-state index is 4.21. The predicted molar refractivity (Wildman–Crippen MR) is 68.5 cm³/mol. The van der Waals surface area contributed by atoms with Gasteiger partial charge >= 0.3 is 0 Å². The molecule has 12 heavy (non-hydrogen) atoms. The van der Waals surface area contributed by atoms with E-state index >= 15 is 0 Å². The van der Waals surface area contributed by atoms with E-state index in [4.69, 9.17) is 0 Å². The molecule has 0 nitrogen and oxygen atoms in total. The quantitative estimate of drug-likeness (QED) is 0.453. The minimum atomic E-state index is 0.883. The molecule has 0 aromatic heterocycles. The van der Waals surface area contributed by atoms with Crippen molar-refractivity contribution in [1.82, 2.24) is 0 Å². The Kier molecular flexibility index (Phi) is 4.51. The highest BCUT2D eigenvalue weighted by molar-refractivity contribution is 8.05. The van der Waals surface area contributed by atoms with Crippen molar-refractivity contribution >= 4 is 50.5 Å². The molecule has 0 amide bonds. The van der Waals surface area contributed by atoms with Crippen molar-refractivity contribution in [2.75, 3.05) is 0 Å². The average Bonchev–Trinajstić information content (AvgIpc) is 2.04. The van der Waals surface area contributed by atoms with Crippen LogP contribution in [0, 0.1) is 0 Å². The average molecular weight is 236 g/mol. The third kappa shape index (κ3) is 2.98. The van der Waals surface area contributed by atoms with Gasteiger partial charge in [0.1, 0.15) is 0 Å². The molecule has 0 atom stereocenters. The number of hydrogen-bond acceptors (Lipinski definition) is 4. The molecular weight excluding hydrogens is 224 g/mol. The molecule has 1 aliphatic rings. The standard InChI is InChI=1S/C8H12S4/c9-7(10)5-1-2-6(4-3-5)8(11)12/h9-12H,1-4H2. The predicted octanol–water partition coefficient (Wildman–Crippen LogP) is 3.70. The molecule has 1 fully saturated rings. The Balaban J connectivity index is 2.63. The highest BCUT2D eigenvalue weighted by Gasteiger charge is 2.12. The number of allylic oxidation sites excluding steroid dienone is 2. The molecule has 0 radical (unpaired) electrons. The van der Waals surface area contributed by atoms with Gasteiger partial charge in [0.05, 0.1) is 0 Å². The van der Waals surface area contributed by atoms with Crippen molar-refractivity contribution in [3.8, 4) is 0 Å². The van der Waals surface area contributed by atoms with Crippen molar-refractivity contribution in [3.63, 3.8) is 0 Å². The van der Waals surface area contributed by atoms with Gasteiger partial charge in [0, 0.05) is 8.47 Å². The normalized spacial score (nSPS) is 18.0. The summed E-state index contributed by atoms with van der Waals surface area (Å²) in [7, 11) is 0. The van der Waals surface area contributed by atoms with Crippen LogP contribution in [-0.2, 0) is 0 Å². The van der Waals surface area contributed by atoms with E-state index in [1.165, 1.54) is 11.1 Å². The first-order chi connectivity index (χ1) is 5.61. The molecule has 0 aromatic rings. The van der Waals surface area contributed by atoms with E-state index < -0.39 is 0 Å². The third-order valence-electron chi connectivity index (χ3n) is 2.09. The van der Waals surface area contributed by atoms with E-state index in [0.29, 0.717) is 0 Å². The lowest BCUT2D eigenvalue weighted by Gasteiger charge is -2.18. The smallest absolute Gasteiger partial charge is 0.0331 e. The molecule has 0 N–H and O–H groups in total. The van der Waals surface area contributed by atoms with Gasteiger partial charge in [0.15, 0.2) is 0 Å². The van der Waals surface area contributed by atoms with Crippen molar-refractivity contribution < 1.29 is 0 Å². The van der Waals surface area contributed by atoms with Crippen molar-refractivity contribution in [2.24, 2.45) is 0 Å². The van der Waals surface area contributed by atoms with Crippen LogP contribution in [0.2, 0.25) is 0 Å². The lowest BCUT2D eigenvalue weighted by atomic mass is 9.92. The van der Waals surface area contributed by atoms with Gasteiger partial charge in [-0.25, -0.2) is 0 Å². The first-order valence-corrected chi connectivity index (χ1v) is 5.60. The van der Waals surface area contributed by atoms with Gasteiger partial charge in [-0.05, 0) is 25.7 Å².